The Morgan fingerprint density at radius 2 is 1.60 bits per heavy atom. The van der Waals surface area contributed by atoms with E-state index in [1.807, 2.05) is 6.07 Å². The molecule has 1 aliphatic carbocycles. The Bertz CT molecular complexity index is 514. The number of fused-ring (bicyclic) bond motifs is 3. The van der Waals surface area contributed by atoms with E-state index in [-0.39, 0.29) is 0 Å². The SMILES string of the molecule is Oc1cccc2c1CCc1ccccc1-2. The largest absolute Gasteiger partial charge is 0.508 e. The molecule has 0 aliphatic heterocycles. The predicted octanol–water partition coefficient (Wildman–Crippen LogP) is 3.16. The second-order valence-electron chi connectivity index (χ2n) is 3.96. The first kappa shape index (κ1) is 8.54. The van der Waals surface area contributed by atoms with Gasteiger partial charge in [-0.25, -0.2) is 0 Å². The molecule has 0 amide bonds. The third-order valence-corrected chi connectivity index (χ3v) is 3.10. The maximum absolute atomic E-state index is 9.78. The molecule has 0 bridgehead atoms. The van der Waals surface area contributed by atoms with E-state index < -0.39 is 0 Å². The first-order valence-electron chi connectivity index (χ1n) is 5.25. The molecular formula is C14H12O. The van der Waals surface area contributed by atoms with Crippen molar-refractivity contribution in [1.29, 1.82) is 0 Å². The topological polar surface area (TPSA) is 20.2 Å². The summed E-state index contributed by atoms with van der Waals surface area (Å²) < 4.78 is 0. The fourth-order valence-corrected chi connectivity index (χ4v) is 2.35. The highest BCUT2D eigenvalue weighted by Crippen LogP contribution is 2.37. The number of hydrogen-bond acceptors (Lipinski definition) is 1. The van der Waals surface area contributed by atoms with Gasteiger partial charge in [0.2, 0.25) is 0 Å². The van der Waals surface area contributed by atoms with Crippen molar-refractivity contribution in [3.8, 4) is 16.9 Å². The van der Waals surface area contributed by atoms with E-state index in [2.05, 4.69) is 30.3 Å². The number of benzene rings is 2. The summed E-state index contributed by atoms with van der Waals surface area (Å²) in [7, 11) is 0. The molecule has 0 fully saturated rings. The van der Waals surface area contributed by atoms with Crippen LogP contribution in [-0.4, -0.2) is 5.11 Å². The van der Waals surface area contributed by atoms with E-state index >= 15 is 0 Å². The fourth-order valence-electron chi connectivity index (χ4n) is 2.35. The van der Waals surface area contributed by atoms with Crippen LogP contribution in [-0.2, 0) is 12.8 Å². The second kappa shape index (κ2) is 3.13. The lowest BCUT2D eigenvalue weighted by Gasteiger charge is -2.20. The minimum Gasteiger partial charge on any atom is -0.508 e. The molecule has 1 heteroatoms. The highest BCUT2D eigenvalue weighted by molar-refractivity contribution is 5.75. The molecule has 15 heavy (non-hydrogen) atoms. The van der Waals surface area contributed by atoms with Crippen LogP contribution >= 0.6 is 0 Å². The predicted molar refractivity (Wildman–Crippen MR) is 61.0 cm³/mol. The van der Waals surface area contributed by atoms with E-state index in [9.17, 15) is 5.11 Å². The normalized spacial score (nSPS) is 13.1. The number of aryl methyl sites for hydroxylation is 1. The van der Waals surface area contributed by atoms with Gasteiger partial charge in [0.05, 0.1) is 0 Å². The highest BCUT2D eigenvalue weighted by atomic mass is 16.3. The average Bonchev–Trinajstić information content (AvgIpc) is 2.29. The monoisotopic (exact) mass is 196 g/mol. The summed E-state index contributed by atoms with van der Waals surface area (Å²) in [6.07, 6.45) is 1.97. The van der Waals surface area contributed by atoms with Crippen LogP contribution in [0.5, 0.6) is 5.75 Å². The van der Waals surface area contributed by atoms with Gasteiger partial charge in [0, 0.05) is 5.56 Å². The summed E-state index contributed by atoms with van der Waals surface area (Å²) in [5, 5.41) is 9.78. The molecule has 74 valence electrons. The Morgan fingerprint density at radius 1 is 0.800 bits per heavy atom. The minimum absolute atomic E-state index is 0.432. The van der Waals surface area contributed by atoms with Gasteiger partial charge in [-0.3, -0.25) is 0 Å². The molecular weight excluding hydrogens is 184 g/mol. The lowest BCUT2D eigenvalue weighted by molar-refractivity contribution is 0.468. The van der Waals surface area contributed by atoms with Crippen LogP contribution in [0, 0.1) is 0 Å². The second-order valence-corrected chi connectivity index (χ2v) is 3.96. The third-order valence-electron chi connectivity index (χ3n) is 3.10. The molecule has 0 aromatic heterocycles. The van der Waals surface area contributed by atoms with Crippen molar-refractivity contribution in [3.63, 3.8) is 0 Å². The number of phenolic OH excluding ortho intramolecular Hbond substituents is 1. The summed E-state index contributed by atoms with van der Waals surface area (Å²) in [5.41, 5.74) is 4.94. The Morgan fingerprint density at radius 3 is 2.53 bits per heavy atom. The van der Waals surface area contributed by atoms with Crippen molar-refractivity contribution < 1.29 is 5.11 Å². The van der Waals surface area contributed by atoms with Crippen LogP contribution < -0.4 is 0 Å². The zero-order valence-corrected chi connectivity index (χ0v) is 8.40. The number of rotatable bonds is 0. The first-order valence-corrected chi connectivity index (χ1v) is 5.25. The Kier molecular flexibility index (Phi) is 1.78. The van der Waals surface area contributed by atoms with Gasteiger partial charge in [0.15, 0.2) is 0 Å². The molecule has 0 unspecified atom stereocenters. The Hall–Kier alpha value is -1.76. The van der Waals surface area contributed by atoms with Crippen LogP contribution in [0.25, 0.3) is 11.1 Å². The maximum atomic E-state index is 9.78. The van der Waals surface area contributed by atoms with Gasteiger partial charge in [0.25, 0.3) is 0 Å². The van der Waals surface area contributed by atoms with Crippen LogP contribution in [0.3, 0.4) is 0 Å². The molecule has 1 aliphatic rings. The lowest BCUT2D eigenvalue weighted by atomic mass is 9.85. The Labute approximate surface area is 89.0 Å². The van der Waals surface area contributed by atoms with Crippen molar-refractivity contribution in [3.05, 3.63) is 53.6 Å². The first-order chi connectivity index (χ1) is 7.36. The Balaban J connectivity index is 2.30. The van der Waals surface area contributed by atoms with Crippen LogP contribution in [0.4, 0.5) is 0 Å². The zero-order chi connectivity index (χ0) is 10.3. The van der Waals surface area contributed by atoms with Crippen LogP contribution in [0.1, 0.15) is 11.1 Å². The number of aromatic hydroxyl groups is 1. The molecule has 3 rings (SSSR count). The van der Waals surface area contributed by atoms with Gasteiger partial charge in [-0.05, 0) is 35.6 Å². The van der Waals surface area contributed by atoms with E-state index in [0.29, 0.717) is 5.75 Å². The zero-order valence-electron chi connectivity index (χ0n) is 8.40. The van der Waals surface area contributed by atoms with Crippen molar-refractivity contribution in [2.75, 3.05) is 0 Å². The summed E-state index contributed by atoms with van der Waals surface area (Å²) in [5.74, 6) is 0.432. The average molecular weight is 196 g/mol. The molecule has 2 aromatic carbocycles. The van der Waals surface area contributed by atoms with Gasteiger partial charge in [-0.1, -0.05) is 36.4 Å². The molecule has 1 N–H and O–H groups in total. The quantitative estimate of drug-likeness (QED) is 0.686. The molecule has 0 spiro atoms. The lowest BCUT2D eigenvalue weighted by Crippen LogP contribution is -2.03. The molecule has 0 atom stereocenters. The van der Waals surface area contributed by atoms with Gasteiger partial charge in [-0.15, -0.1) is 0 Å². The van der Waals surface area contributed by atoms with E-state index in [4.69, 9.17) is 0 Å². The number of phenols is 1. The molecule has 0 saturated carbocycles. The smallest absolute Gasteiger partial charge is 0.119 e. The van der Waals surface area contributed by atoms with Gasteiger partial charge < -0.3 is 5.11 Å². The van der Waals surface area contributed by atoms with Gasteiger partial charge >= 0.3 is 0 Å². The van der Waals surface area contributed by atoms with Crippen molar-refractivity contribution in [2.24, 2.45) is 0 Å². The summed E-state index contributed by atoms with van der Waals surface area (Å²) >= 11 is 0. The van der Waals surface area contributed by atoms with Crippen molar-refractivity contribution in [2.45, 2.75) is 12.8 Å². The molecule has 0 radical (unpaired) electrons. The third kappa shape index (κ3) is 1.23. The summed E-state index contributed by atoms with van der Waals surface area (Å²) in [6.45, 7) is 0. The van der Waals surface area contributed by atoms with Gasteiger partial charge in [-0.2, -0.15) is 0 Å². The summed E-state index contributed by atoms with van der Waals surface area (Å²) in [6, 6.07) is 14.2. The summed E-state index contributed by atoms with van der Waals surface area (Å²) in [4.78, 5) is 0. The molecule has 2 aromatic rings. The fraction of sp³-hybridized carbons (Fsp3) is 0.143. The number of hydrogen-bond donors (Lipinski definition) is 1. The highest BCUT2D eigenvalue weighted by Gasteiger charge is 2.17. The molecule has 1 nitrogen and oxygen atoms in total. The minimum atomic E-state index is 0.432. The van der Waals surface area contributed by atoms with E-state index in [1.165, 1.54) is 16.7 Å². The maximum Gasteiger partial charge on any atom is 0.119 e. The van der Waals surface area contributed by atoms with Crippen molar-refractivity contribution >= 4 is 0 Å². The van der Waals surface area contributed by atoms with Crippen molar-refractivity contribution in [1.82, 2.24) is 0 Å². The molecule has 0 saturated heterocycles. The molecule has 0 heterocycles. The van der Waals surface area contributed by atoms with Crippen LogP contribution in [0.15, 0.2) is 42.5 Å². The standard InChI is InChI=1S/C14H12O/c15-14-7-3-6-12-11-5-2-1-4-10(11)8-9-13(12)14/h1-7,15H,8-9H2. The van der Waals surface area contributed by atoms with E-state index in [0.717, 1.165) is 18.4 Å². The van der Waals surface area contributed by atoms with E-state index in [1.54, 1.807) is 6.07 Å². The van der Waals surface area contributed by atoms with Gasteiger partial charge in [0.1, 0.15) is 5.75 Å². The van der Waals surface area contributed by atoms with Crippen LogP contribution in [0.2, 0.25) is 0 Å².